The highest BCUT2D eigenvalue weighted by atomic mass is 32.2. The number of carbonyl (C=O) groups is 1. The molecule has 0 bridgehead atoms. The van der Waals surface area contributed by atoms with Crippen LogP contribution in [0, 0.1) is 26.7 Å². The standard InChI is InChI=1S/C22H28N2O3S/c1-15-9-11-24(12-10-15)22(25)19-8-7-18(4)21(14-19)28(26,27)23-20-13-16(2)5-6-17(20)3/h5-8,13-15,23H,9-12H2,1-4H3. The van der Waals surface area contributed by atoms with Crippen LogP contribution < -0.4 is 4.72 Å². The van der Waals surface area contributed by atoms with Gasteiger partial charge in [-0.2, -0.15) is 0 Å². The number of carbonyl (C=O) groups excluding carboxylic acids is 1. The summed E-state index contributed by atoms with van der Waals surface area (Å²) in [6.07, 6.45) is 1.97. The molecular formula is C22H28N2O3S. The quantitative estimate of drug-likeness (QED) is 0.833. The summed E-state index contributed by atoms with van der Waals surface area (Å²) in [5, 5.41) is 0. The molecule has 1 amide bonds. The van der Waals surface area contributed by atoms with Crippen LogP contribution in [0.5, 0.6) is 0 Å². The maximum atomic E-state index is 13.0. The summed E-state index contributed by atoms with van der Waals surface area (Å²) in [7, 11) is -3.80. The third kappa shape index (κ3) is 4.38. The first-order valence-corrected chi connectivity index (χ1v) is 11.2. The van der Waals surface area contributed by atoms with E-state index in [0.717, 1.165) is 37.1 Å². The Morgan fingerprint density at radius 2 is 1.64 bits per heavy atom. The predicted molar refractivity (Wildman–Crippen MR) is 112 cm³/mol. The Bertz CT molecular complexity index is 991. The number of likely N-dealkylation sites (tertiary alicyclic amines) is 1. The van der Waals surface area contributed by atoms with Crippen molar-refractivity contribution in [3.8, 4) is 0 Å². The first-order chi connectivity index (χ1) is 13.2. The fourth-order valence-corrected chi connectivity index (χ4v) is 4.86. The van der Waals surface area contributed by atoms with Crippen molar-refractivity contribution in [2.24, 2.45) is 5.92 Å². The zero-order valence-electron chi connectivity index (χ0n) is 17.0. The molecule has 0 radical (unpaired) electrons. The number of amides is 1. The van der Waals surface area contributed by atoms with Gasteiger partial charge in [0.2, 0.25) is 0 Å². The summed E-state index contributed by atoms with van der Waals surface area (Å²) < 4.78 is 28.8. The van der Waals surface area contributed by atoms with Crippen LogP contribution in [0.15, 0.2) is 41.3 Å². The Morgan fingerprint density at radius 3 is 2.32 bits per heavy atom. The van der Waals surface area contributed by atoms with Gasteiger partial charge < -0.3 is 4.90 Å². The molecule has 0 spiro atoms. The third-order valence-corrected chi connectivity index (χ3v) is 6.94. The Labute approximate surface area is 167 Å². The molecule has 1 saturated heterocycles. The number of nitrogens with zero attached hydrogens (tertiary/aromatic N) is 1. The average molecular weight is 401 g/mol. The molecule has 28 heavy (non-hydrogen) atoms. The highest BCUT2D eigenvalue weighted by molar-refractivity contribution is 7.92. The molecule has 0 aromatic heterocycles. The molecule has 0 saturated carbocycles. The number of hydrogen-bond donors (Lipinski definition) is 1. The van der Waals surface area contributed by atoms with Gasteiger partial charge in [-0.25, -0.2) is 8.42 Å². The summed E-state index contributed by atoms with van der Waals surface area (Å²) in [6, 6.07) is 10.6. The van der Waals surface area contributed by atoms with E-state index in [-0.39, 0.29) is 10.8 Å². The fraction of sp³-hybridized carbons (Fsp3) is 0.409. The van der Waals surface area contributed by atoms with Crippen LogP contribution in [-0.4, -0.2) is 32.3 Å². The van der Waals surface area contributed by atoms with Crippen LogP contribution in [0.1, 0.15) is 46.8 Å². The van der Waals surface area contributed by atoms with Crippen LogP contribution in [-0.2, 0) is 10.0 Å². The minimum Gasteiger partial charge on any atom is -0.339 e. The number of benzene rings is 2. The maximum Gasteiger partial charge on any atom is 0.262 e. The number of sulfonamides is 1. The normalized spacial score (nSPS) is 15.5. The van der Waals surface area contributed by atoms with E-state index in [2.05, 4.69) is 11.6 Å². The van der Waals surface area contributed by atoms with Gasteiger partial charge in [-0.3, -0.25) is 9.52 Å². The van der Waals surface area contributed by atoms with E-state index in [1.165, 1.54) is 6.07 Å². The lowest BCUT2D eigenvalue weighted by atomic mass is 9.98. The lowest BCUT2D eigenvalue weighted by molar-refractivity contribution is 0.0697. The molecule has 6 heteroatoms. The minimum atomic E-state index is -3.80. The zero-order valence-corrected chi connectivity index (χ0v) is 17.8. The van der Waals surface area contributed by atoms with Gasteiger partial charge in [0.15, 0.2) is 0 Å². The molecule has 3 rings (SSSR count). The van der Waals surface area contributed by atoms with Gasteiger partial charge in [0.25, 0.3) is 15.9 Å². The lowest BCUT2D eigenvalue weighted by Crippen LogP contribution is -2.38. The van der Waals surface area contributed by atoms with Crippen molar-refractivity contribution in [3.05, 3.63) is 58.7 Å². The van der Waals surface area contributed by atoms with E-state index in [1.54, 1.807) is 19.1 Å². The molecule has 2 aromatic rings. The molecule has 1 aliphatic rings. The Kier molecular flexibility index (Phi) is 5.79. The van der Waals surface area contributed by atoms with Crippen molar-refractivity contribution in [2.45, 2.75) is 45.4 Å². The van der Waals surface area contributed by atoms with Gasteiger partial charge in [-0.1, -0.05) is 25.1 Å². The molecule has 150 valence electrons. The zero-order chi connectivity index (χ0) is 20.5. The second kappa shape index (κ2) is 7.95. The highest BCUT2D eigenvalue weighted by Crippen LogP contribution is 2.25. The minimum absolute atomic E-state index is 0.102. The molecule has 0 atom stereocenters. The number of nitrogens with one attached hydrogen (secondary N) is 1. The summed E-state index contributed by atoms with van der Waals surface area (Å²) in [6.45, 7) is 9.15. The first-order valence-electron chi connectivity index (χ1n) is 9.67. The van der Waals surface area contributed by atoms with E-state index >= 15 is 0 Å². The van der Waals surface area contributed by atoms with Gasteiger partial charge >= 0.3 is 0 Å². The van der Waals surface area contributed by atoms with Crippen LogP contribution in [0.2, 0.25) is 0 Å². The highest BCUT2D eigenvalue weighted by Gasteiger charge is 2.24. The summed E-state index contributed by atoms with van der Waals surface area (Å²) in [4.78, 5) is 14.8. The van der Waals surface area contributed by atoms with Crippen LogP contribution >= 0.6 is 0 Å². The Hall–Kier alpha value is -2.34. The van der Waals surface area contributed by atoms with Gasteiger partial charge in [0.1, 0.15) is 0 Å². The smallest absolute Gasteiger partial charge is 0.262 e. The molecule has 1 N–H and O–H groups in total. The van der Waals surface area contributed by atoms with E-state index in [1.807, 2.05) is 36.9 Å². The average Bonchev–Trinajstić information content (AvgIpc) is 2.65. The number of hydrogen-bond acceptors (Lipinski definition) is 3. The van der Waals surface area contributed by atoms with E-state index in [0.29, 0.717) is 22.7 Å². The third-order valence-electron chi connectivity index (χ3n) is 5.43. The van der Waals surface area contributed by atoms with Crippen molar-refractivity contribution in [3.63, 3.8) is 0 Å². The summed E-state index contributed by atoms with van der Waals surface area (Å²) >= 11 is 0. The second-order valence-corrected chi connectivity index (χ2v) is 9.53. The van der Waals surface area contributed by atoms with E-state index < -0.39 is 10.0 Å². The Morgan fingerprint density at radius 1 is 1.00 bits per heavy atom. The predicted octanol–water partition coefficient (Wildman–Crippen LogP) is 4.28. The SMILES string of the molecule is Cc1ccc(C)c(NS(=O)(=O)c2cc(C(=O)N3CCC(C)CC3)ccc2C)c1. The van der Waals surface area contributed by atoms with Gasteiger partial charge in [-0.05, 0) is 74.4 Å². The van der Waals surface area contributed by atoms with Crippen molar-refractivity contribution >= 4 is 21.6 Å². The molecule has 1 aliphatic heterocycles. The second-order valence-electron chi connectivity index (χ2n) is 7.88. The number of piperidine rings is 1. The molecular weight excluding hydrogens is 372 g/mol. The van der Waals surface area contributed by atoms with Gasteiger partial charge in [0.05, 0.1) is 10.6 Å². The van der Waals surface area contributed by atoms with Crippen molar-refractivity contribution < 1.29 is 13.2 Å². The van der Waals surface area contributed by atoms with Crippen molar-refractivity contribution in [1.29, 1.82) is 0 Å². The summed E-state index contributed by atoms with van der Waals surface area (Å²) in [5.41, 5.74) is 3.41. The van der Waals surface area contributed by atoms with Crippen LogP contribution in [0.25, 0.3) is 0 Å². The Balaban J connectivity index is 1.90. The maximum absolute atomic E-state index is 13.0. The molecule has 0 unspecified atom stereocenters. The summed E-state index contributed by atoms with van der Waals surface area (Å²) in [5.74, 6) is 0.523. The topological polar surface area (TPSA) is 66.5 Å². The molecule has 2 aromatic carbocycles. The lowest BCUT2D eigenvalue weighted by Gasteiger charge is -2.30. The monoisotopic (exact) mass is 400 g/mol. The molecule has 1 fully saturated rings. The number of aryl methyl sites for hydroxylation is 3. The van der Waals surface area contributed by atoms with Gasteiger partial charge in [-0.15, -0.1) is 0 Å². The van der Waals surface area contributed by atoms with Crippen molar-refractivity contribution in [2.75, 3.05) is 17.8 Å². The van der Waals surface area contributed by atoms with Crippen LogP contribution in [0.3, 0.4) is 0 Å². The fourth-order valence-electron chi connectivity index (χ4n) is 3.46. The van der Waals surface area contributed by atoms with E-state index in [4.69, 9.17) is 0 Å². The molecule has 1 heterocycles. The largest absolute Gasteiger partial charge is 0.339 e. The van der Waals surface area contributed by atoms with Gasteiger partial charge in [0, 0.05) is 18.7 Å². The first kappa shape index (κ1) is 20.4. The number of anilines is 1. The number of rotatable bonds is 4. The van der Waals surface area contributed by atoms with Crippen LogP contribution in [0.4, 0.5) is 5.69 Å². The van der Waals surface area contributed by atoms with E-state index in [9.17, 15) is 13.2 Å². The molecule has 5 nitrogen and oxygen atoms in total. The van der Waals surface area contributed by atoms with Crippen molar-refractivity contribution in [1.82, 2.24) is 4.90 Å². The molecule has 0 aliphatic carbocycles.